The minimum Gasteiger partial charge on any atom is -0.247 e. The van der Waals surface area contributed by atoms with Gasteiger partial charge < -0.3 is 0 Å². The lowest BCUT2D eigenvalue weighted by molar-refractivity contribution is 0.494. The van der Waals surface area contributed by atoms with Crippen LogP contribution in [0.25, 0.3) is 66.2 Å². The van der Waals surface area contributed by atoms with E-state index in [1.54, 1.807) is 24.3 Å². The minimum absolute atomic E-state index is 0.241. The van der Waals surface area contributed by atoms with E-state index in [2.05, 4.69) is 8.75 Å². The van der Waals surface area contributed by atoms with Crippen LogP contribution in [0, 0.1) is 28.8 Å². The normalized spacial score (nSPS) is 11.3. The number of hydrogen-bond donors (Lipinski definition) is 0. The second-order valence-corrected chi connectivity index (χ2v) is 9.80. The number of nitriles is 1. The maximum absolute atomic E-state index is 14.5. The lowest BCUT2D eigenvalue weighted by Gasteiger charge is -2.11. The van der Waals surface area contributed by atoms with Gasteiger partial charge in [0.2, 0.25) is 0 Å². The number of pyridine rings is 1. The predicted octanol–water partition coefficient (Wildman–Crippen LogP) is 8.68. The lowest BCUT2D eigenvalue weighted by Crippen LogP contribution is -1.98. The Bertz CT molecular complexity index is 2150. The quantitative estimate of drug-likeness (QED) is 0.165. The van der Waals surface area contributed by atoms with Crippen molar-refractivity contribution >= 4 is 44.4 Å². The van der Waals surface area contributed by atoms with Gasteiger partial charge in [-0.15, -0.1) is 0 Å². The Morgan fingerprint density at radius 2 is 1.32 bits per heavy atom. The summed E-state index contributed by atoms with van der Waals surface area (Å²) in [7, 11) is 0. The first-order chi connectivity index (χ1) is 19.5. The first kappa shape index (κ1) is 23.9. The molecular weight excluding hydrogens is 529 g/mol. The summed E-state index contributed by atoms with van der Waals surface area (Å²) < 4.78 is 51.7. The third-order valence-corrected chi connectivity index (χ3v) is 7.59. The van der Waals surface area contributed by atoms with Crippen LogP contribution in [-0.2, 0) is 0 Å². The predicted molar refractivity (Wildman–Crippen MR) is 151 cm³/mol. The number of halogens is 3. The molecule has 0 N–H and O–H groups in total. The second kappa shape index (κ2) is 9.26. The van der Waals surface area contributed by atoms with Gasteiger partial charge in [-0.25, -0.2) is 18.2 Å². The molecule has 8 heteroatoms. The molecule has 7 rings (SSSR count). The van der Waals surface area contributed by atoms with Crippen LogP contribution < -0.4 is 0 Å². The maximum Gasteiger partial charge on any atom is 0.180 e. The molecular formula is C32H15F3N4S. The van der Waals surface area contributed by atoms with Crippen LogP contribution in [0.1, 0.15) is 5.56 Å². The lowest BCUT2D eigenvalue weighted by atomic mass is 9.96. The van der Waals surface area contributed by atoms with E-state index in [9.17, 15) is 13.2 Å². The fourth-order valence-corrected chi connectivity index (χ4v) is 5.62. The summed E-state index contributed by atoms with van der Waals surface area (Å²) in [5, 5.41) is 11.9. The topological polar surface area (TPSA) is 62.5 Å². The SMILES string of the molecule is N#Cc1c(F)cc(-c2ccc(-c3ccc(-c4nc5ccccc5c5c4ccc4nsnc45)cc3)cc2)c(F)c1F. The van der Waals surface area contributed by atoms with E-state index in [-0.39, 0.29) is 5.56 Å². The Morgan fingerprint density at radius 3 is 2.05 bits per heavy atom. The number of fused-ring (bicyclic) bond motifs is 5. The third-order valence-electron chi connectivity index (χ3n) is 7.05. The molecule has 4 nitrogen and oxygen atoms in total. The van der Waals surface area contributed by atoms with E-state index in [1.165, 1.54) is 17.8 Å². The minimum atomic E-state index is -1.49. The van der Waals surface area contributed by atoms with Crippen molar-refractivity contribution in [2.45, 2.75) is 0 Å². The summed E-state index contributed by atoms with van der Waals surface area (Å²) in [6, 6.07) is 28.8. The van der Waals surface area contributed by atoms with Gasteiger partial charge in [-0.05, 0) is 41.0 Å². The Morgan fingerprint density at radius 1 is 0.650 bits per heavy atom. The van der Waals surface area contributed by atoms with Crippen LogP contribution in [0.2, 0.25) is 0 Å². The highest BCUT2D eigenvalue weighted by molar-refractivity contribution is 7.00. The molecule has 0 unspecified atom stereocenters. The first-order valence-corrected chi connectivity index (χ1v) is 13.0. The van der Waals surface area contributed by atoms with Crippen LogP contribution in [0.3, 0.4) is 0 Å². The summed E-state index contributed by atoms with van der Waals surface area (Å²) in [4.78, 5) is 4.99. The number of hydrogen-bond acceptors (Lipinski definition) is 5. The molecule has 5 aromatic carbocycles. The van der Waals surface area contributed by atoms with E-state index >= 15 is 0 Å². The molecule has 0 aliphatic heterocycles. The van der Waals surface area contributed by atoms with Crippen LogP contribution in [0.5, 0.6) is 0 Å². The van der Waals surface area contributed by atoms with Crippen molar-refractivity contribution < 1.29 is 13.2 Å². The molecule has 0 saturated heterocycles. The molecule has 40 heavy (non-hydrogen) atoms. The molecule has 0 atom stereocenters. The van der Waals surface area contributed by atoms with Crippen molar-refractivity contribution in [2.24, 2.45) is 0 Å². The zero-order valence-electron chi connectivity index (χ0n) is 20.5. The van der Waals surface area contributed by atoms with Gasteiger partial charge in [0.1, 0.15) is 28.5 Å². The smallest absolute Gasteiger partial charge is 0.180 e. The van der Waals surface area contributed by atoms with Crippen molar-refractivity contribution in [3.8, 4) is 39.6 Å². The van der Waals surface area contributed by atoms with E-state index in [0.29, 0.717) is 5.56 Å². The average Bonchev–Trinajstić information content (AvgIpc) is 3.48. The molecule has 0 fully saturated rings. The van der Waals surface area contributed by atoms with Crippen molar-refractivity contribution in [3.63, 3.8) is 0 Å². The van der Waals surface area contributed by atoms with Gasteiger partial charge >= 0.3 is 0 Å². The van der Waals surface area contributed by atoms with Crippen molar-refractivity contribution in [2.75, 3.05) is 0 Å². The van der Waals surface area contributed by atoms with Crippen LogP contribution in [-0.4, -0.2) is 13.7 Å². The molecule has 0 spiro atoms. The highest BCUT2D eigenvalue weighted by atomic mass is 32.1. The zero-order chi connectivity index (χ0) is 27.4. The Balaban J connectivity index is 1.28. The molecule has 2 aromatic heterocycles. The maximum atomic E-state index is 14.5. The Kier molecular flexibility index (Phi) is 5.54. The summed E-state index contributed by atoms with van der Waals surface area (Å²) in [5.74, 6) is -3.84. The molecule has 0 radical (unpaired) electrons. The Labute approximate surface area is 229 Å². The largest absolute Gasteiger partial charge is 0.247 e. The molecule has 0 aliphatic rings. The fourth-order valence-electron chi connectivity index (χ4n) is 5.08. The van der Waals surface area contributed by atoms with E-state index in [4.69, 9.17) is 10.2 Å². The molecule has 2 heterocycles. The van der Waals surface area contributed by atoms with Gasteiger partial charge in [-0.2, -0.15) is 14.0 Å². The van der Waals surface area contributed by atoms with Crippen molar-refractivity contribution in [1.29, 1.82) is 5.26 Å². The van der Waals surface area contributed by atoms with E-state index in [0.717, 1.165) is 61.2 Å². The van der Waals surface area contributed by atoms with Gasteiger partial charge in [0, 0.05) is 27.3 Å². The van der Waals surface area contributed by atoms with Gasteiger partial charge in [-0.3, -0.25) is 0 Å². The van der Waals surface area contributed by atoms with Gasteiger partial charge in [0.25, 0.3) is 0 Å². The molecule has 7 aromatic rings. The number of nitrogens with zero attached hydrogens (tertiary/aromatic N) is 4. The molecule has 0 amide bonds. The summed E-state index contributed by atoms with van der Waals surface area (Å²) in [6.07, 6.45) is 0. The van der Waals surface area contributed by atoms with Gasteiger partial charge in [0.15, 0.2) is 11.6 Å². The van der Waals surface area contributed by atoms with Crippen LogP contribution >= 0.6 is 11.7 Å². The van der Waals surface area contributed by atoms with Crippen molar-refractivity contribution in [3.05, 3.63) is 114 Å². The zero-order valence-corrected chi connectivity index (χ0v) is 21.3. The number of aromatic nitrogens is 3. The monoisotopic (exact) mass is 544 g/mol. The van der Waals surface area contributed by atoms with Crippen LogP contribution in [0.4, 0.5) is 13.2 Å². The summed E-state index contributed by atoms with van der Waals surface area (Å²) in [5.41, 5.74) is 5.23. The number of benzene rings is 5. The first-order valence-electron chi connectivity index (χ1n) is 12.3. The second-order valence-electron chi connectivity index (χ2n) is 9.27. The molecule has 0 aliphatic carbocycles. The highest BCUT2D eigenvalue weighted by Crippen LogP contribution is 2.37. The molecule has 0 saturated carbocycles. The van der Waals surface area contributed by atoms with Gasteiger partial charge in [-0.1, -0.05) is 66.7 Å². The number of rotatable bonds is 3. The van der Waals surface area contributed by atoms with Gasteiger partial charge in [0.05, 0.1) is 22.9 Å². The molecule has 190 valence electrons. The Hall–Kier alpha value is -5.13. The average molecular weight is 545 g/mol. The van der Waals surface area contributed by atoms with Crippen molar-refractivity contribution in [1.82, 2.24) is 13.7 Å². The van der Waals surface area contributed by atoms with Crippen LogP contribution in [0.15, 0.2) is 91.0 Å². The number of para-hydroxylation sites is 1. The summed E-state index contributed by atoms with van der Waals surface area (Å²) in [6.45, 7) is 0. The highest BCUT2D eigenvalue weighted by Gasteiger charge is 2.20. The third kappa shape index (κ3) is 3.71. The summed E-state index contributed by atoms with van der Waals surface area (Å²) >= 11 is 1.19. The van der Waals surface area contributed by atoms with E-state index < -0.39 is 23.0 Å². The van der Waals surface area contributed by atoms with E-state index in [1.807, 2.05) is 60.7 Å². The fraction of sp³-hybridized carbons (Fsp3) is 0. The molecule has 0 bridgehead atoms. The standard InChI is InChI=1S/C32H15F3N4S/c33-25-15-23(29(34)30(35)24(25)16-36)19-9-5-17(6-10-19)18-7-11-20(12-8-18)31-22-13-14-27-32(39-40-38-27)28(22)21-3-1-2-4-26(21)37-31/h1-15H.